The van der Waals surface area contributed by atoms with E-state index in [4.69, 9.17) is 5.11 Å². The number of nitrogens with one attached hydrogen (secondary N) is 1. The Morgan fingerprint density at radius 1 is 0.875 bits per heavy atom. The summed E-state index contributed by atoms with van der Waals surface area (Å²) in [5.41, 5.74) is 2.88. The molecule has 0 aliphatic heterocycles. The van der Waals surface area contributed by atoms with E-state index in [2.05, 4.69) is 17.4 Å². The maximum atomic E-state index is 12.4. The lowest BCUT2D eigenvalue weighted by Gasteiger charge is -2.10. The van der Waals surface area contributed by atoms with E-state index in [-0.39, 0.29) is 12.3 Å². The SMILES string of the molecule is O=C(O)CCCCCNC(=O)c1ccccc1Cc1ccccc1. The van der Waals surface area contributed by atoms with E-state index in [1.165, 1.54) is 5.56 Å². The van der Waals surface area contributed by atoms with Crippen molar-refractivity contribution in [1.82, 2.24) is 5.32 Å². The molecule has 0 aliphatic rings. The molecule has 0 bridgehead atoms. The van der Waals surface area contributed by atoms with Gasteiger partial charge in [-0.3, -0.25) is 9.59 Å². The van der Waals surface area contributed by atoms with E-state index in [0.717, 1.165) is 24.8 Å². The number of hydrogen-bond acceptors (Lipinski definition) is 2. The van der Waals surface area contributed by atoms with Gasteiger partial charge in [-0.2, -0.15) is 0 Å². The molecule has 0 fully saturated rings. The predicted molar refractivity (Wildman–Crippen MR) is 94.1 cm³/mol. The summed E-state index contributed by atoms with van der Waals surface area (Å²) in [6.07, 6.45) is 3.16. The first-order valence-electron chi connectivity index (χ1n) is 8.28. The number of carbonyl (C=O) groups excluding carboxylic acids is 1. The second-order valence-corrected chi connectivity index (χ2v) is 5.78. The Kier molecular flexibility index (Phi) is 7.02. The molecule has 2 N–H and O–H groups in total. The highest BCUT2D eigenvalue weighted by Gasteiger charge is 2.10. The van der Waals surface area contributed by atoms with Crippen molar-refractivity contribution >= 4 is 11.9 Å². The highest BCUT2D eigenvalue weighted by Crippen LogP contribution is 2.14. The first-order valence-corrected chi connectivity index (χ1v) is 8.28. The number of hydrogen-bond donors (Lipinski definition) is 2. The third kappa shape index (κ3) is 5.88. The third-order valence-electron chi connectivity index (χ3n) is 3.85. The van der Waals surface area contributed by atoms with E-state index in [9.17, 15) is 9.59 Å². The molecule has 0 aliphatic carbocycles. The summed E-state index contributed by atoms with van der Waals surface area (Å²) in [5, 5.41) is 11.5. The lowest BCUT2D eigenvalue weighted by molar-refractivity contribution is -0.137. The van der Waals surface area contributed by atoms with Gasteiger partial charge in [-0.25, -0.2) is 0 Å². The number of rotatable bonds is 9. The molecule has 4 nitrogen and oxygen atoms in total. The second-order valence-electron chi connectivity index (χ2n) is 5.78. The molecule has 0 unspecified atom stereocenters. The minimum Gasteiger partial charge on any atom is -0.481 e. The Morgan fingerprint density at radius 2 is 1.58 bits per heavy atom. The van der Waals surface area contributed by atoms with E-state index >= 15 is 0 Å². The summed E-state index contributed by atoms with van der Waals surface area (Å²) in [6.45, 7) is 0.568. The molecule has 0 radical (unpaired) electrons. The number of amides is 1. The zero-order valence-electron chi connectivity index (χ0n) is 13.7. The van der Waals surface area contributed by atoms with E-state index in [1.54, 1.807) is 0 Å². The number of carboxylic acids is 1. The fourth-order valence-corrected chi connectivity index (χ4v) is 2.59. The average molecular weight is 325 g/mol. The predicted octanol–water partition coefficient (Wildman–Crippen LogP) is 3.65. The highest BCUT2D eigenvalue weighted by atomic mass is 16.4. The van der Waals surface area contributed by atoms with Gasteiger partial charge in [0.2, 0.25) is 0 Å². The number of aliphatic carboxylic acids is 1. The van der Waals surface area contributed by atoms with Crippen LogP contribution in [0.3, 0.4) is 0 Å². The highest BCUT2D eigenvalue weighted by molar-refractivity contribution is 5.95. The van der Waals surface area contributed by atoms with Crippen molar-refractivity contribution in [2.24, 2.45) is 0 Å². The van der Waals surface area contributed by atoms with Crippen LogP contribution in [-0.2, 0) is 11.2 Å². The fraction of sp³-hybridized carbons (Fsp3) is 0.300. The van der Waals surface area contributed by atoms with Gasteiger partial charge < -0.3 is 10.4 Å². The quantitative estimate of drug-likeness (QED) is 0.692. The van der Waals surface area contributed by atoms with Gasteiger partial charge in [0.25, 0.3) is 5.91 Å². The molecule has 2 aromatic carbocycles. The van der Waals surface area contributed by atoms with Crippen LogP contribution in [0.25, 0.3) is 0 Å². The minimum absolute atomic E-state index is 0.0697. The summed E-state index contributed by atoms with van der Waals surface area (Å²) >= 11 is 0. The van der Waals surface area contributed by atoms with Gasteiger partial charge in [0.1, 0.15) is 0 Å². The van der Waals surface area contributed by atoms with Crippen molar-refractivity contribution in [2.45, 2.75) is 32.1 Å². The minimum atomic E-state index is -0.770. The third-order valence-corrected chi connectivity index (χ3v) is 3.85. The van der Waals surface area contributed by atoms with Crippen LogP contribution in [0.2, 0.25) is 0 Å². The Labute approximate surface area is 142 Å². The van der Waals surface area contributed by atoms with E-state index in [0.29, 0.717) is 18.5 Å². The van der Waals surface area contributed by atoms with E-state index < -0.39 is 5.97 Å². The average Bonchev–Trinajstić information content (AvgIpc) is 2.59. The maximum Gasteiger partial charge on any atom is 0.303 e. The Balaban J connectivity index is 1.87. The van der Waals surface area contributed by atoms with Crippen LogP contribution in [-0.4, -0.2) is 23.5 Å². The summed E-state index contributed by atoms with van der Waals surface area (Å²) in [4.78, 5) is 22.8. The van der Waals surface area contributed by atoms with Crippen molar-refractivity contribution in [3.8, 4) is 0 Å². The largest absolute Gasteiger partial charge is 0.481 e. The van der Waals surface area contributed by atoms with E-state index in [1.807, 2.05) is 42.5 Å². The monoisotopic (exact) mass is 325 g/mol. The van der Waals surface area contributed by atoms with Crippen LogP contribution in [0, 0.1) is 0 Å². The molecule has 4 heteroatoms. The molecule has 0 saturated carbocycles. The first-order chi connectivity index (χ1) is 11.7. The van der Waals surface area contributed by atoms with Crippen molar-refractivity contribution in [2.75, 3.05) is 6.54 Å². The Morgan fingerprint density at radius 3 is 2.33 bits per heavy atom. The standard InChI is InChI=1S/C20H23NO3/c22-19(23)13-5-2-8-14-21-20(24)18-12-7-6-11-17(18)15-16-9-3-1-4-10-16/h1,3-4,6-7,9-12H,2,5,8,13-15H2,(H,21,24)(H,22,23). The summed E-state index contributed by atoms with van der Waals surface area (Å²) in [7, 11) is 0. The number of carbonyl (C=O) groups is 2. The first kappa shape index (κ1) is 17.7. The second kappa shape index (κ2) is 9.50. The van der Waals surface area contributed by atoms with Crippen LogP contribution in [0.5, 0.6) is 0 Å². The lowest BCUT2D eigenvalue weighted by atomic mass is 9.99. The summed E-state index contributed by atoms with van der Waals surface area (Å²) < 4.78 is 0. The van der Waals surface area contributed by atoms with Crippen LogP contribution in [0.4, 0.5) is 0 Å². The van der Waals surface area contributed by atoms with Crippen LogP contribution >= 0.6 is 0 Å². The molecule has 0 atom stereocenters. The molecular weight excluding hydrogens is 302 g/mol. The summed E-state index contributed by atoms with van der Waals surface area (Å²) in [5.74, 6) is -0.839. The number of benzene rings is 2. The Bertz CT molecular complexity index is 668. The van der Waals surface area contributed by atoms with Crippen LogP contribution in [0.15, 0.2) is 54.6 Å². The summed E-state index contributed by atoms with van der Waals surface area (Å²) in [6, 6.07) is 17.7. The molecular formula is C20H23NO3. The van der Waals surface area contributed by atoms with Gasteiger partial charge in [-0.1, -0.05) is 55.0 Å². The molecule has 2 aromatic rings. The van der Waals surface area contributed by atoms with Gasteiger partial charge in [0.15, 0.2) is 0 Å². The van der Waals surface area contributed by atoms with Gasteiger partial charge in [-0.15, -0.1) is 0 Å². The van der Waals surface area contributed by atoms with Crippen molar-refractivity contribution in [1.29, 1.82) is 0 Å². The van der Waals surface area contributed by atoms with Gasteiger partial charge in [0.05, 0.1) is 0 Å². The van der Waals surface area contributed by atoms with Crippen molar-refractivity contribution < 1.29 is 14.7 Å². The molecule has 126 valence electrons. The molecule has 24 heavy (non-hydrogen) atoms. The maximum absolute atomic E-state index is 12.4. The molecule has 0 aromatic heterocycles. The molecule has 1 amide bonds. The van der Waals surface area contributed by atoms with Crippen molar-refractivity contribution in [3.05, 3.63) is 71.3 Å². The number of unbranched alkanes of at least 4 members (excludes halogenated alkanes) is 2. The lowest BCUT2D eigenvalue weighted by Crippen LogP contribution is -2.25. The normalized spacial score (nSPS) is 10.3. The number of carboxylic acid groups (broad SMARTS) is 1. The fourth-order valence-electron chi connectivity index (χ4n) is 2.59. The zero-order valence-corrected chi connectivity index (χ0v) is 13.7. The smallest absolute Gasteiger partial charge is 0.303 e. The molecule has 0 heterocycles. The Hall–Kier alpha value is -2.62. The molecule has 2 rings (SSSR count). The molecule has 0 spiro atoms. The van der Waals surface area contributed by atoms with Crippen LogP contribution < -0.4 is 5.32 Å². The van der Waals surface area contributed by atoms with Crippen molar-refractivity contribution in [3.63, 3.8) is 0 Å². The van der Waals surface area contributed by atoms with Gasteiger partial charge in [-0.05, 0) is 36.5 Å². The van der Waals surface area contributed by atoms with Gasteiger partial charge in [0, 0.05) is 18.5 Å². The zero-order chi connectivity index (χ0) is 17.2. The topological polar surface area (TPSA) is 66.4 Å². The van der Waals surface area contributed by atoms with Gasteiger partial charge >= 0.3 is 5.97 Å². The van der Waals surface area contributed by atoms with Crippen LogP contribution in [0.1, 0.15) is 47.2 Å². The molecule has 0 saturated heterocycles.